The number of hydrogen-bond acceptors (Lipinski definition) is 1. The molecule has 0 aliphatic carbocycles. The second-order valence-corrected chi connectivity index (χ2v) is 7.79. The van der Waals surface area contributed by atoms with E-state index in [2.05, 4.69) is 5.32 Å². The van der Waals surface area contributed by atoms with Crippen LogP contribution >= 0.6 is 34.8 Å². The fourth-order valence-electron chi connectivity index (χ4n) is 2.70. The second-order valence-electron chi connectivity index (χ2n) is 5.42. The summed E-state index contributed by atoms with van der Waals surface area (Å²) in [6.45, 7) is 1.84. The number of likely N-dealkylation sites (tertiary alicyclic amines) is 1. The highest BCUT2D eigenvalue weighted by Gasteiger charge is 2.42. The minimum atomic E-state index is -1.50. The summed E-state index contributed by atoms with van der Waals surface area (Å²) < 4.78 is -1.50. The smallest absolute Gasteiger partial charge is 0.262 e. The molecule has 21 heavy (non-hydrogen) atoms. The summed E-state index contributed by atoms with van der Waals surface area (Å²) in [6, 6.07) is 9.56. The van der Waals surface area contributed by atoms with Crippen LogP contribution in [0.5, 0.6) is 0 Å². The molecule has 1 aromatic carbocycles. The van der Waals surface area contributed by atoms with Crippen LogP contribution in [0.2, 0.25) is 0 Å². The fourth-order valence-corrected chi connectivity index (χ4v) is 3.33. The third kappa shape index (κ3) is 5.33. The lowest BCUT2D eigenvalue weighted by molar-refractivity contribution is -0.931. The molecule has 1 amide bonds. The monoisotopic (exact) mass is 349 g/mol. The van der Waals surface area contributed by atoms with Crippen molar-refractivity contribution in [2.75, 3.05) is 13.1 Å². The lowest BCUT2D eigenvalue weighted by Crippen LogP contribution is -3.20. The van der Waals surface area contributed by atoms with Gasteiger partial charge in [-0.05, 0) is 24.8 Å². The lowest BCUT2D eigenvalue weighted by Gasteiger charge is -2.35. The largest absolute Gasteiger partial charge is 0.312 e. The van der Waals surface area contributed by atoms with E-state index < -0.39 is 9.96 Å². The van der Waals surface area contributed by atoms with Crippen LogP contribution in [0.15, 0.2) is 30.3 Å². The Morgan fingerprint density at radius 3 is 2.33 bits per heavy atom. The Kier molecular flexibility index (Phi) is 6.18. The number of benzene rings is 1. The van der Waals surface area contributed by atoms with Gasteiger partial charge in [0.05, 0.1) is 19.5 Å². The standard InChI is InChI=1S/C15H19Cl3N2O/c16-15(17,18)14(20-9-5-2-6-10-20)19-13(21)11-12-7-3-1-4-8-12/h1,3-4,7-8,14H,2,5-6,9-11H2,(H,19,21)/p+1/t14-/m1/s1. The summed E-state index contributed by atoms with van der Waals surface area (Å²) in [5.41, 5.74) is 0.951. The Labute approximate surface area is 140 Å². The highest BCUT2D eigenvalue weighted by molar-refractivity contribution is 6.68. The lowest BCUT2D eigenvalue weighted by atomic mass is 10.1. The zero-order chi connectivity index (χ0) is 15.3. The number of rotatable bonds is 4. The van der Waals surface area contributed by atoms with Crippen LogP contribution in [-0.4, -0.2) is 29.0 Å². The van der Waals surface area contributed by atoms with E-state index in [0.29, 0.717) is 6.42 Å². The summed E-state index contributed by atoms with van der Waals surface area (Å²) in [5, 5.41) is 2.90. The van der Waals surface area contributed by atoms with Gasteiger partial charge in [-0.15, -0.1) is 0 Å². The zero-order valence-electron chi connectivity index (χ0n) is 11.7. The summed E-state index contributed by atoms with van der Waals surface area (Å²) in [4.78, 5) is 13.4. The van der Waals surface area contributed by atoms with Gasteiger partial charge < -0.3 is 10.2 Å². The molecule has 1 heterocycles. The number of piperidine rings is 1. The maximum absolute atomic E-state index is 12.2. The third-order valence-corrected chi connectivity index (χ3v) is 4.40. The van der Waals surface area contributed by atoms with Crippen molar-refractivity contribution in [3.63, 3.8) is 0 Å². The number of amides is 1. The second kappa shape index (κ2) is 7.68. The van der Waals surface area contributed by atoms with Crippen molar-refractivity contribution < 1.29 is 9.69 Å². The molecule has 0 aromatic heterocycles. The molecule has 3 nitrogen and oxygen atoms in total. The molecule has 1 aliphatic heterocycles. The summed E-state index contributed by atoms with van der Waals surface area (Å²) >= 11 is 18.2. The van der Waals surface area contributed by atoms with E-state index in [1.54, 1.807) is 0 Å². The molecule has 1 fully saturated rings. The molecule has 1 aliphatic rings. The molecule has 2 N–H and O–H groups in total. The Hall–Kier alpha value is -0.480. The quantitative estimate of drug-likeness (QED) is 0.801. The van der Waals surface area contributed by atoms with E-state index >= 15 is 0 Å². The fraction of sp³-hybridized carbons (Fsp3) is 0.533. The van der Waals surface area contributed by atoms with Gasteiger partial charge in [0, 0.05) is 0 Å². The number of carbonyl (C=O) groups excluding carboxylic acids is 1. The van der Waals surface area contributed by atoms with Crippen LogP contribution in [0.1, 0.15) is 24.8 Å². The highest BCUT2D eigenvalue weighted by Crippen LogP contribution is 2.28. The SMILES string of the molecule is O=C(Cc1ccccc1)N[C@H]([NH+]1CCCCC1)C(Cl)(Cl)Cl. The van der Waals surface area contributed by atoms with Crippen molar-refractivity contribution in [1.82, 2.24) is 5.32 Å². The van der Waals surface area contributed by atoms with E-state index in [-0.39, 0.29) is 5.91 Å². The average Bonchev–Trinajstić information content (AvgIpc) is 2.45. The van der Waals surface area contributed by atoms with Gasteiger partial charge in [0.1, 0.15) is 0 Å². The van der Waals surface area contributed by atoms with Crippen LogP contribution in [0, 0.1) is 0 Å². The summed E-state index contributed by atoms with van der Waals surface area (Å²) in [6.07, 6.45) is 3.20. The van der Waals surface area contributed by atoms with Crippen molar-refractivity contribution in [2.24, 2.45) is 0 Å². The van der Waals surface area contributed by atoms with Gasteiger partial charge in [-0.25, -0.2) is 0 Å². The van der Waals surface area contributed by atoms with Gasteiger partial charge in [0.25, 0.3) is 3.79 Å². The highest BCUT2D eigenvalue weighted by atomic mass is 35.6. The van der Waals surface area contributed by atoms with Gasteiger partial charge >= 0.3 is 0 Å². The minimum absolute atomic E-state index is 0.115. The van der Waals surface area contributed by atoms with Crippen molar-refractivity contribution in [1.29, 1.82) is 0 Å². The first-order chi connectivity index (χ1) is 9.97. The number of nitrogens with one attached hydrogen (secondary N) is 2. The van der Waals surface area contributed by atoms with E-state index in [0.717, 1.165) is 36.4 Å². The van der Waals surface area contributed by atoms with Crippen LogP contribution < -0.4 is 10.2 Å². The van der Waals surface area contributed by atoms with Crippen LogP contribution in [0.3, 0.4) is 0 Å². The van der Waals surface area contributed by atoms with E-state index in [1.807, 2.05) is 30.3 Å². The summed E-state index contributed by atoms with van der Waals surface area (Å²) in [7, 11) is 0. The molecule has 0 spiro atoms. The average molecular weight is 351 g/mol. The van der Waals surface area contributed by atoms with E-state index in [9.17, 15) is 4.79 Å². The maximum Gasteiger partial charge on any atom is 0.262 e. The number of quaternary nitrogens is 1. The van der Waals surface area contributed by atoms with Gasteiger partial charge in [0.2, 0.25) is 12.1 Å². The molecular weight excluding hydrogens is 331 g/mol. The first-order valence-corrected chi connectivity index (χ1v) is 8.35. The normalized spacial score (nSPS) is 18.2. The summed E-state index contributed by atoms with van der Waals surface area (Å²) in [5.74, 6) is -0.115. The predicted molar refractivity (Wildman–Crippen MR) is 86.9 cm³/mol. The van der Waals surface area contributed by atoms with Crippen LogP contribution in [0.4, 0.5) is 0 Å². The van der Waals surface area contributed by atoms with Gasteiger partial charge in [-0.2, -0.15) is 0 Å². The maximum atomic E-state index is 12.2. The van der Waals surface area contributed by atoms with Crippen LogP contribution in [-0.2, 0) is 11.2 Å². The minimum Gasteiger partial charge on any atom is -0.312 e. The molecule has 0 saturated carbocycles. The number of alkyl halides is 3. The van der Waals surface area contributed by atoms with Crippen molar-refractivity contribution >= 4 is 40.7 Å². The molecule has 1 saturated heterocycles. The molecule has 0 radical (unpaired) electrons. The molecule has 116 valence electrons. The number of halogens is 3. The Bertz CT molecular complexity index is 456. The van der Waals surface area contributed by atoms with Crippen molar-refractivity contribution in [3.05, 3.63) is 35.9 Å². The number of hydrogen-bond donors (Lipinski definition) is 2. The first kappa shape index (κ1) is 16.9. The Morgan fingerprint density at radius 1 is 1.14 bits per heavy atom. The van der Waals surface area contributed by atoms with Crippen molar-refractivity contribution in [3.8, 4) is 0 Å². The van der Waals surface area contributed by atoms with Gasteiger partial charge in [-0.1, -0.05) is 65.1 Å². The van der Waals surface area contributed by atoms with Crippen LogP contribution in [0.25, 0.3) is 0 Å². The molecule has 6 heteroatoms. The molecule has 2 rings (SSSR count). The van der Waals surface area contributed by atoms with Crippen molar-refractivity contribution in [2.45, 2.75) is 35.6 Å². The van der Waals surface area contributed by atoms with E-state index in [4.69, 9.17) is 34.8 Å². The van der Waals surface area contributed by atoms with E-state index in [1.165, 1.54) is 6.42 Å². The molecule has 1 aromatic rings. The molecule has 0 bridgehead atoms. The number of carbonyl (C=O) groups is 1. The molecular formula is C15H20Cl3N2O+. The zero-order valence-corrected chi connectivity index (χ0v) is 14.0. The topological polar surface area (TPSA) is 33.5 Å². The first-order valence-electron chi connectivity index (χ1n) is 7.21. The van der Waals surface area contributed by atoms with Gasteiger partial charge in [0.15, 0.2) is 0 Å². The Balaban J connectivity index is 1.99. The third-order valence-electron chi connectivity index (χ3n) is 3.74. The predicted octanol–water partition coefficient (Wildman–Crippen LogP) is 2.11. The Morgan fingerprint density at radius 2 is 1.76 bits per heavy atom. The van der Waals surface area contributed by atoms with Gasteiger partial charge in [-0.3, -0.25) is 4.79 Å². The molecule has 1 atom stereocenters. The molecule has 0 unspecified atom stereocenters.